The number of ether oxygens (including phenoxy) is 1. The van der Waals surface area contributed by atoms with Crippen LogP contribution in [0.2, 0.25) is 0 Å². The number of furan rings is 1. The van der Waals surface area contributed by atoms with Crippen LogP contribution in [0, 0.1) is 6.92 Å². The smallest absolute Gasteiger partial charge is 0.259 e. The molecule has 0 atom stereocenters. The van der Waals surface area contributed by atoms with Crippen LogP contribution in [0.25, 0.3) is 15.5 Å². The molecule has 0 bridgehead atoms. The third kappa shape index (κ3) is 3.90. The molecule has 0 fully saturated rings. The number of hydrogen-bond acceptors (Lipinski definition) is 7. The summed E-state index contributed by atoms with van der Waals surface area (Å²) in [6.45, 7) is 2.01. The second-order valence-corrected chi connectivity index (χ2v) is 7.70. The molecular weight excluding hydrogens is 414 g/mol. The minimum absolute atomic E-state index is 0.159. The highest BCUT2D eigenvalue weighted by molar-refractivity contribution is 7.19. The van der Waals surface area contributed by atoms with E-state index in [1.54, 1.807) is 10.6 Å². The number of para-hydroxylation sites is 1. The molecule has 2 aromatic carbocycles. The van der Waals surface area contributed by atoms with Crippen LogP contribution in [0.1, 0.15) is 21.9 Å². The van der Waals surface area contributed by atoms with Crippen molar-refractivity contribution in [1.82, 2.24) is 19.8 Å². The van der Waals surface area contributed by atoms with Crippen molar-refractivity contribution in [2.75, 3.05) is 5.32 Å². The third-order valence-electron chi connectivity index (χ3n) is 4.62. The van der Waals surface area contributed by atoms with Crippen molar-refractivity contribution in [3.8, 4) is 16.3 Å². The highest BCUT2D eigenvalue weighted by Gasteiger charge is 2.16. The normalized spacial score (nSPS) is 11.0. The van der Waals surface area contributed by atoms with Crippen LogP contribution in [-0.4, -0.2) is 25.7 Å². The van der Waals surface area contributed by atoms with Gasteiger partial charge in [-0.15, -0.1) is 10.2 Å². The van der Waals surface area contributed by atoms with Crippen LogP contribution >= 0.6 is 11.3 Å². The Balaban J connectivity index is 1.32. The van der Waals surface area contributed by atoms with E-state index in [0.717, 1.165) is 21.4 Å². The van der Waals surface area contributed by atoms with Gasteiger partial charge >= 0.3 is 0 Å². The maximum Gasteiger partial charge on any atom is 0.259 e. The average Bonchev–Trinajstić information content (AvgIpc) is 3.51. The molecule has 0 radical (unpaired) electrons. The van der Waals surface area contributed by atoms with E-state index in [1.165, 1.54) is 17.6 Å². The molecule has 31 heavy (non-hydrogen) atoms. The van der Waals surface area contributed by atoms with Crippen molar-refractivity contribution in [2.45, 2.75) is 13.5 Å². The Bertz CT molecular complexity index is 1360. The van der Waals surface area contributed by atoms with Crippen molar-refractivity contribution in [2.24, 2.45) is 0 Å². The number of fused-ring (bicyclic) bond motifs is 1. The zero-order valence-corrected chi connectivity index (χ0v) is 17.3. The summed E-state index contributed by atoms with van der Waals surface area (Å²) >= 11 is 1.44. The first-order valence-electron chi connectivity index (χ1n) is 9.52. The molecule has 3 heterocycles. The molecule has 0 aliphatic heterocycles. The zero-order valence-electron chi connectivity index (χ0n) is 16.5. The molecule has 8 nitrogen and oxygen atoms in total. The number of carbonyl (C=O) groups is 1. The number of nitrogens with one attached hydrogen (secondary N) is 1. The van der Waals surface area contributed by atoms with Crippen LogP contribution in [-0.2, 0) is 6.61 Å². The Morgan fingerprint density at radius 2 is 2.00 bits per heavy atom. The van der Waals surface area contributed by atoms with Crippen LogP contribution < -0.4 is 10.1 Å². The average molecular weight is 431 g/mol. The molecule has 0 aliphatic rings. The van der Waals surface area contributed by atoms with Gasteiger partial charge in [0.15, 0.2) is 11.6 Å². The maximum absolute atomic E-state index is 12.8. The molecular formula is C22H17N5O3S. The van der Waals surface area contributed by atoms with Gasteiger partial charge in [0, 0.05) is 11.3 Å². The van der Waals surface area contributed by atoms with Crippen LogP contribution in [0.4, 0.5) is 5.69 Å². The van der Waals surface area contributed by atoms with Gasteiger partial charge in [-0.25, -0.2) is 0 Å². The van der Waals surface area contributed by atoms with E-state index in [4.69, 9.17) is 9.15 Å². The quantitative estimate of drug-likeness (QED) is 0.423. The number of benzene rings is 2. The molecule has 0 unspecified atom stereocenters. The van der Waals surface area contributed by atoms with Crippen molar-refractivity contribution in [3.05, 3.63) is 84.1 Å². The lowest BCUT2D eigenvalue weighted by atomic mass is 10.2. The lowest BCUT2D eigenvalue weighted by Crippen LogP contribution is -2.13. The number of hydrogen-bond donors (Lipinski definition) is 1. The summed E-state index contributed by atoms with van der Waals surface area (Å²) in [4.78, 5) is 13.6. The molecule has 0 spiro atoms. The fraction of sp³-hybridized carbons (Fsp3) is 0.0909. The minimum atomic E-state index is -0.272. The third-order valence-corrected chi connectivity index (χ3v) is 5.57. The lowest BCUT2D eigenvalue weighted by Gasteiger charge is -2.08. The first kappa shape index (κ1) is 19.0. The molecule has 0 aliphatic carbocycles. The zero-order chi connectivity index (χ0) is 21.2. The molecule has 5 aromatic rings. The van der Waals surface area contributed by atoms with Crippen LogP contribution in [0.15, 0.2) is 71.3 Å². The highest BCUT2D eigenvalue weighted by atomic mass is 32.1. The first-order valence-corrected chi connectivity index (χ1v) is 10.3. The molecule has 3 aromatic heterocycles. The Morgan fingerprint density at radius 1 is 1.13 bits per heavy atom. The molecule has 1 amide bonds. The number of amides is 1. The maximum atomic E-state index is 12.8. The molecule has 0 saturated carbocycles. The summed E-state index contributed by atoms with van der Waals surface area (Å²) in [6, 6.07) is 18.5. The minimum Gasteiger partial charge on any atom is -0.486 e. The summed E-state index contributed by atoms with van der Waals surface area (Å²) in [6.07, 6.45) is 1.48. The Kier molecular flexibility index (Phi) is 4.93. The Labute approximate surface area is 181 Å². The van der Waals surface area contributed by atoms with Crippen LogP contribution in [0.3, 0.4) is 0 Å². The van der Waals surface area contributed by atoms with Crippen molar-refractivity contribution in [3.63, 3.8) is 0 Å². The molecule has 0 saturated heterocycles. The van der Waals surface area contributed by atoms with E-state index >= 15 is 0 Å². The summed E-state index contributed by atoms with van der Waals surface area (Å²) in [7, 11) is 0. The van der Waals surface area contributed by atoms with Gasteiger partial charge in [-0.3, -0.25) is 4.79 Å². The number of carbonyl (C=O) groups excluding carboxylic acids is 1. The second kappa shape index (κ2) is 8.04. The summed E-state index contributed by atoms with van der Waals surface area (Å²) in [5.74, 6) is 1.62. The summed E-state index contributed by atoms with van der Waals surface area (Å²) in [5.41, 5.74) is 1.96. The number of aromatic nitrogens is 4. The molecule has 5 rings (SSSR count). The SMILES string of the molecule is Cc1nnc2sc(-c3cccc(NC(=O)c4ccoc4COc4ccccc4)c3)nn12. The van der Waals surface area contributed by atoms with Gasteiger partial charge in [0.1, 0.15) is 17.4 Å². The predicted octanol–water partition coefficient (Wildman–Crippen LogP) is 4.59. The van der Waals surface area contributed by atoms with E-state index in [-0.39, 0.29) is 12.5 Å². The van der Waals surface area contributed by atoms with Gasteiger partial charge in [0.05, 0.1) is 11.8 Å². The number of aryl methyl sites for hydroxylation is 1. The highest BCUT2D eigenvalue weighted by Crippen LogP contribution is 2.28. The molecule has 9 heteroatoms. The van der Waals surface area contributed by atoms with E-state index < -0.39 is 0 Å². The van der Waals surface area contributed by atoms with Gasteiger partial charge in [-0.05, 0) is 37.3 Å². The van der Waals surface area contributed by atoms with Gasteiger partial charge in [0.2, 0.25) is 4.96 Å². The first-order chi connectivity index (χ1) is 15.2. The number of nitrogens with zero attached hydrogens (tertiary/aromatic N) is 4. The van der Waals surface area contributed by atoms with Crippen LogP contribution in [0.5, 0.6) is 5.75 Å². The predicted molar refractivity (Wildman–Crippen MR) is 116 cm³/mol. The largest absolute Gasteiger partial charge is 0.486 e. The Hall–Kier alpha value is -3.98. The van der Waals surface area contributed by atoms with Crippen molar-refractivity contribution < 1.29 is 13.9 Å². The van der Waals surface area contributed by atoms with Crippen molar-refractivity contribution >= 4 is 27.9 Å². The second-order valence-electron chi connectivity index (χ2n) is 6.74. The molecule has 1 N–H and O–H groups in total. The van der Waals surface area contributed by atoms with Gasteiger partial charge in [0.25, 0.3) is 5.91 Å². The van der Waals surface area contributed by atoms with E-state index in [1.807, 2.05) is 61.5 Å². The fourth-order valence-corrected chi connectivity index (χ4v) is 3.96. The standard InChI is InChI=1S/C22H17N5O3S/c1-14-24-25-22-27(14)26-21(31-22)15-6-5-7-16(12-15)23-20(28)18-10-11-29-19(18)13-30-17-8-3-2-4-9-17/h2-12H,13H2,1H3,(H,23,28). The van der Waals surface area contributed by atoms with Gasteiger partial charge in [-0.2, -0.15) is 9.61 Å². The molecule has 154 valence electrons. The number of anilines is 1. The van der Waals surface area contributed by atoms with Crippen molar-refractivity contribution in [1.29, 1.82) is 0 Å². The summed E-state index contributed by atoms with van der Waals surface area (Å²) in [5, 5.41) is 16.4. The van der Waals surface area contributed by atoms with E-state index in [2.05, 4.69) is 20.6 Å². The van der Waals surface area contributed by atoms with E-state index in [9.17, 15) is 4.79 Å². The summed E-state index contributed by atoms with van der Waals surface area (Å²) < 4.78 is 12.9. The fourth-order valence-electron chi connectivity index (χ4n) is 3.08. The topological polar surface area (TPSA) is 94.6 Å². The van der Waals surface area contributed by atoms with Gasteiger partial charge < -0.3 is 14.5 Å². The van der Waals surface area contributed by atoms with E-state index in [0.29, 0.717) is 22.8 Å². The van der Waals surface area contributed by atoms with Gasteiger partial charge in [-0.1, -0.05) is 41.7 Å². The number of rotatable bonds is 6. The monoisotopic (exact) mass is 431 g/mol. The Morgan fingerprint density at radius 3 is 2.84 bits per heavy atom. The lowest BCUT2D eigenvalue weighted by molar-refractivity contribution is 0.102.